The van der Waals surface area contributed by atoms with Gasteiger partial charge >= 0.3 is 0 Å². The molecule has 0 aromatic carbocycles. The summed E-state index contributed by atoms with van der Waals surface area (Å²) in [6.45, 7) is 9.84. The van der Waals surface area contributed by atoms with Crippen molar-refractivity contribution in [3.63, 3.8) is 0 Å². The van der Waals surface area contributed by atoms with Crippen molar-refractivity contribution in [2.75, 3.05) is 13.1 Å². The van der Waals surface area contributed by atoms with E-state index in [1.807, 2.05) is 11.8 Å². The van der Waals surface area contributed by atoms with Crippen molar-refractivity contribution in [2.45, 2.75) is 72.6 Å². The van der Waals surface area contributed by atoms with Crippen LogP contribution in [0.3, 0.4) is 0 Å². The average molecular weight is 345 g/mol. The lowest BCUT2D eigenvalue weighted by Gasteiger charge is -2.27. The minimum Gasteiger partial charge on any atom is -0.455 e. The number of nitrogens with zero attached hydrogens (tertiary/aromatic N) is 1. The molecule has 1 atom stereocenters. The fraction of sp³-hybridized carbons (Fsp3) is 0.714. The number of hydrogen-bond acceptors (Lipinski definition) is 3. The Morgan fingerprint density at radius 2 is 2.00 bits per heavy atom. The Hall–Kier alpha value is -1.58. The van der Waals surface area contributed by atoms with Crippen molar-refractivity contribution in [3.8, 4) is 0 Å². The van der Waals surface area contributed by atoms with E-state index in [1.54, 1.807) is 0 Å². The molecule has 25 heavy (non-hydrogen) atoms. The van der Waals surface area contributed by atoms with Gasteiger partial charge in [-0.15, -0.1) is 0 Å². The second-order valence-electron chi connectivity index (χ2n) is 8.67. The first-order valence-electron chi connectivity index (χ1n) is 9.77. The van der Waals surface area contributed by atoms with Crippen molar-refractivity contribution in [1.82, 2.24) is 4.90 Å². The van der Waals surface area contributed by atoms with Gasteiger partial charge in [-0.3, -0.25) is 9.59 Å². The van der Waals surface area contributed by atoms with Gasteiger partial charge in [0.25, 0.3) is 5.91 Å². The van der Waals surface area contributed by atoms with Gasteiger partial charge in [-0.25, -0.2) is 0 Å². The number of Topliss-reactive ketones (excluding diaryl/α,β-unsaturated/α-hetero) is 1. The van der Waals surface area contributed by atoms with Crippen LogP contribution in [0.1, 0.15) is 91.5 Å². The van der Waals surface area contributed by atoms with Gasteiger partial charge in [-0.2, -0.15) is 0 Å². The molecule has 138 valence electrons. The van der Waals surface area contributed by atoms with Gasteiger partial charge in [0.05, 0.1) is 5.56 Å². The lowest BCUT2D eigenvalue weighted by molar-refractivity contribution is 0.0721. The lowest BCUT2D eigenvalue weighted by Crippen LogP contribution is -2.32. The highest BCUT2D eigenvalue weighted by molar-refractivity contribution is 6.03. The smallest absolute Gasteiger partial charge is 0.289 e. The molecule has 0 spiro atoms. The molecule has 2 aliphatic rings. The third-order valence-corrected chi connectivity index (χ3v) is 5.80. The highest BCUT2D eigenvalue weighted by Gasteiger charge is 2.37. The zero-order valence-corrected chi connectivity index (χ0v) is 16.1. The van der Waals surface area contributed by atoms with Crippen molar-refractivity contribution in [3.05, 3.63) is 22.6 Å². The van der Waals surface area contributed by atoms with E-state index in [0.717, 1.165) is 43.8 Å². The van der Waals surface area contributed by atoms with Crippen molar-refractivity contribution < 1.29 is 14.0 Å². The van der Waals surface area contributed by atoms with E-state index in [4.69, 9.17) is 4.42 Å². The van der Waals surface area contributed by atoms with Crippen LogP contribution in [0.15, 0.2) is 4.42 Å². The van der Waals surface area contributed by atoms with Crippen molar-refractivity contribution in [1.29, 1.82) is 0 Å². The minimum atomic E-state index is -0.0926. The fourth-order valence-electron chi connectivity index (χ4n) is 4.50. The number of rotatable bonds is 3. The standard InChI is InChI=1S/C21H31NO3/c1-5-7-15-8-6-10-22(11-9-15)20(24)19-14(2)18-16(23)12-21(3,4)13-17(18)25-19/h15H,5-13H2,1-4H3. The van der Waals surface area contributed by atoms with E-state index in [2.05, 4.69) is 20.8 Å². The predicted molar refractivity (Wildman–Crippen MR) is 98.0 cm³/mol. The second kappa shape index (κ2) is 6.97. The van der Waals surface area contributed by atoms with Crippen LogP contribution in [0.4, 0.5) is 0 Å². The largest absolute Gasteiger partial charge is 0.455 e. The van der Waals surface area contributed by atoms with Gasteiger partial charge < -0.3 is 9.32 Å². The third-order valence-electron chi connectivity index (χ3n) is 5.80. The van der Waals surface area contributed by atoms with Crippen LogP contribution in [0.5, 0.6) is 0 Å². The Labute approximate surface area is 151 Å². The van der Waals surface area contributed by atoms with E-state index in [9.17, 15) is 9.59 Å². The molecule has 0 N–H and O–H groups in total. The first-order valence-corrected chi connectivity index (χ1v) is 9.77. The Morgan fingerprint density at radius 3 is 2.72 bits per heavy atom. The summed E-state index contributed by atoms with van der Waals surface area (Å²) in [7, 11) is 0. The maximum atomic E-state index is 13.0. The summed E-state index contributed by atoms with van der Waals surface area (Å²) in [5, 5.41) is 0. The van der Waals surface area contributed by atoms with Gasteiger partial charge in [0.15, 0.2) is 11.5 Å². The number of carbonyl (C=O) groups excluding carboxylic acids is 2. The summed E-state index contributed by atoms with van der Waals surface area (Å²) in [6, 6.07) is 0. The second-order valence-corrected chi connectivity index (χ2v) is 8.67. The molecule has 1 amide bonds. The molecule has 1 aliphatic heterocycles. The van der Waals surface area contributed by atoms with Gasteiger partial charge in [0, 0.05) is 31.5 Å². The van der Waals surface area contributed by atoms with E-state index in [1.165, 1.54) is 19.3 Å². The van der Waals surface area contributed by atoms with Gasteiger partial charge in [0.2, 0.25) is 0 Å². The van der Waals surface area contributed by atoms with Gasteiger partial charge in [-0.05, 0) is 37.5 Å². The topological polar surface area (TPSA) is 50.5 Å². The van der Waals surface area contributed by atoms with Crippen molar-refractivity contribution in [2.24, 2.45) is 11.3 Å². The van der Waals surface area contributed by atoms with Gasteiger partial charge in [-0.1, -0.05) is 33.6 Å². The summed E-state index contributed by atoms with van der Waals surface area (Å²) in [5.74, 6) is 1.92. The maximum Gasteiger partial charge on any atom is 0.289 e. The van der Waals surface area contributed by atoms with Crippen LogP contribution in [0.25, 0.3) is 0 Å². The predicted octanol–water partition coefficient (Wildman–Crippen LogP) is 4.79. The molecule has 1 aromatic rings. The highest BCUT2D eigenvalue weighted by Crippen LogP contribution is 2.38. The summed E-state index contributed by atoms with van der Waals surface area (Å²) in [6.07, 6.45) is 7.04. The number of carbonyl (C=O) groups is 2. The third kappa shape index (κ3) is 3.68. The molecular formula is C21H31NO3. The molecule has 0 bridgehead atoms. The Balaban J connectivity index is 1.81. The van der Waals surface area contributed by atoms with E-state index in [-0.39, 0.29) is 17.1 Å². The SMILES string of the molecule is CCCC1CCCN(C(=O)c2oc3c(c2C)C(=O)CC(C)(C)C3)CC1. The molecular weight excluding hydrogens is 314 g/mol. The highest BCUT2D eigenvalue weighted by atomic mass is 16.4. The summed E-state index contributed by atoms with van der Waals surface area (Å²) in [4.78, 5) is 27.5. The van der Waals surface area contributed by atoms with Crippen LogP contribution in [0, 0.1) is 18.3 Å². The average Bonchev–Trinajstić information content (AvgIpc) is 2.70. The molecule has 1 unspecified atom stereocenters. The number of fused-ring (bicyclic) bond motifs is 1. The Morgan fingerprint density at radius 1 is 1.24 bits per heavy atom. The number of hydrogen-bond donors (Lipinski definition) is 0. The van der Waals surface area contributed by atoms with E-state index < -0.39 is 0 Å². The first kappa shape index (κ1) is 18.2. The summed E-state index contributed by atoms with van der Waals surface area (Å²) >= 11 is 0. The van der Waals surface area contributed by atoms with Crippen molar-refractivity contribution >= 4 is 11.7 Å². The van der Waals surface area contributed by atoms with E-state index in [0.29, 0.717) is 23.5 Å². The monoisotopic (exact) mass is 345 g/mol. The molecule has 0 radical (unpaired) electrons. The molecule has 3 rings (SSSR count). The molecule has 1 aliphatic carbocycles. The van der Waals surface area contributed by atoms with Crippen LogP contribution in [-0.2, 0) is 6.42 Å². The zero-order valence-electron chi connectivity index (χ0n) is 16.1. The maximum absolute atomic E-state index is 13.0. The molecule has 1 aromatic heterocycles. The minimum absolute atomic E-state index is 0.0327. The number of likely N-dealkylation sites (tertiary alicyclic amines) is 1. The number of amides is 1. The van der Waals surface area contributed by atoms with E-state index >= 15 is 0 Å². The summed E-state index contributed by atoms with van der Waals surface area (Å²) < 4.78 is 5.96. The van der Waals surface area contributed by atoms with Crippen LogP contribution in [0.2, 0.25) is 0 Å². The number of furan rings is 1. The molecule has 4 heteroatoms. The molecule has 1 saturated heterocycles. The first-order chi connectivity index (χ1) is 11.8. The fourth-order valence-corrected chi connectivity index (χ4v) is 4.50. The van der Waals surface area contributed by atoms with Crippen LogP contribution in [-0.4, -0.2) is 29.7 Å². The Bertz CT molecular complexity index is 671. The van der Waals surface area contributed by atoms with Crippen LogP contribution >= 0.6 is 0 Å². The van der Waals surface area contributed by atoms with Crippen LogP contribution < -0.4 is 0 Å². The molecule has 0 saturated carbocycles. The normalized spacial score (nSPS) is 23.3. The number of ketones is 1. The summed E-state index contributed by atoms with van der Waals surface area (Å²) in [5.41, 5.74) is 1.32. The quantitative estimate of drug-likeness (QED) is 0.792. The molecule has 4 nitrogen and oxygen atoms in total. The molecule has 1 fully saturated rings. The molecule has 2 heterocycles. The lowest BCUT2D eigenvalue weighted by atomic mass is 9.76. The van der Waals surface area contributed by atoms with Gasteiger partial charge in [0.1, 0.15) is 5.76 Å². The zero-order chi connectivity index (χ0) is 18.2. The Kier molecular flexibility index (Phi) is 5.08.